The lowest BCUT2D eigenvalue weighted by molar-refractivity contribution is 0.415. The van der Waals surface area contributed by atoms with Crippen LogP contribution in [-0.4, -0.2) is 14.2 Å². The van der Waals surface area contributed by atoms with E-state index < -0.39 is 0 Å². The maximum Gasteiger partial charge on any atom is 0.126 e. The zero-order valence-corrected chi connectivity index (χ0v) is 12.9. The van der Waals surface area contributed by atoms with Gasteiger partial charge in [0.05, 0.1) is 7.11 Å². The number of rotatable bonds is 4. The van der Waals surface area contributed by atoms with Crippen LogP contribution in [0.4, 0.5) is 15.8 Å². The molecule has 2 rings (SSSR count). The second kappa shape index (κ2) is 6.14. The van der Waals surface area contributed by atoms with E-state index in [2.05, 4.69) is 0 Å². The number of anilines is 2. The molecule has 21 heavy (non-hydrogen) atoms. The average molecular weight is 288 g/mol. The van der Waals surface area contributed by atoms with Gasteiger partial charge in [0.25, 0.3) is 0 Å². The third-order valence-corrected chi connectivity index (χ3v) is 3.62. The van der Waals surface area contributed by atoms with Gasteiger partial charge >= 0.3 is 0 Å². The van der Waals surface area contributed by atoms with E-state index in [-0.39, 0.29) is 11.9 Å². The Morgan fingerprint density at radius 3 is 2.33 bits per heavy atom. The molecule has 2 aromatic rings. The van der Waals surface area contributed by atoms with Crippen molar-refractivity contribution in [2.75, 3.05) is 19.1 Å². The Kier molecular flexibility index (Phi) is 4.48. The predicted molar refractivity (Wildman–Crippen MR) is 84.8 cm³/mol. The summed E-state index contributed by atoms with van der Waals surface area (Å²) in [6.45, 7) is 3.61. The van der Waals surface area contributed by atoms with Crippen molar-refractivity contribution >= 4 is 11.4 Å². The first-order chi connectivity index (χ1) is 9.93. The van der Waals surface area contributed by atoms with Crippen LogP contribution in [0.1, 0.15) is 24.1 Å². The van der Waals surface area contributed by atoms with E-state index in [4.69, 9.17) is 10.5 Å². The molecule has 0 aliphatic rings. The lowest BCUT2D eigenvalue weighted by Crippen LogP contribution is -2.16. The summed E-state index contributed by atoms with van der Waals surface area (Å²) >= 11 is 0. The first-order valence-electron chi connectivity index (χ1n) is 6.87. The van der Waals surface area contributed by atoms with Gasteiger partial charge < -0.3 is 15.4 Å². The number of aryl methyl sites for hydroxylation is 1. The first-order valence-corrected chi connectivity index (χ1v) is 6.87. The Morgan fingerprint density at radius 2 is 1.81 bits per heavy atom. The van der Waals surface area contributed by atoms with Gasteiger partial charge in [0, 0.05) is 24.5 Å². The second-order valence-corrected chi connectivity index (χ2v) is 5.21. The molecule has 4 heteroatoms. The quantitative estimate of drug-likeness (QED) is 0.926. The molecule has 0 fully saturated rings. The molecule has 0 amide bonds. The number of halogens is 1. The SMILES string of the molecule is COc1ccc(N(C)c2cc(C)c(F)cc2[C@@H](C)N)cc1. The Labute approximate surface area is 125 Å². The zero-order chi connectivity index (χ0) is 15.6. The third-order valence-electron chi connectivity index (χ3n) is 3.62. The van der Waals surface area contributed by atoms with E-state index in [0.29, 0.717) is 5.56 Å². The van der Waals surface area contributed by atoms with E-state index in [1.165, 1.54) is 6.07 Å². The van der Waals surface area contributed by atoms with Crippen molar-refractivity contribution in [2.45, 2.75) is 19.9 Å². The van der Waals surface area contributed by atoms with Crippen LogP contribution in [0.25, 0.3) is 0 Å². The van der Waals surface area contributed by atoms with Gasteiger partial charge in [-0.15, -0.1) is 0 Å². The number of benzene rings is 2. The summed E-state index contributed by atoms with van der Waals surface area (Å²) in [5.74, 6) is 0.573. The molecular formula is C17H21FN2O. The van der Waals surface area contributed by atoms with Crippen molar-refractivity contribution in [1.82, 2.24) is 0 Å². The first kappa shape index (κ1) is 15.3. The van der Waals surface area contributed by atoms with E-state index >= 15 is 0 Å². The molecule has 2 aromatic carbocycles. The van der Waals surface area contributed by atoms with Crippen LogP contribution in [0.15, 0.2) is 36.4 Å². The van der Waals surface area contributed by atoms with Crippen molar-refractivity contribution in [2.24, 2.45) is 5.73 Å². The van der Waals surface area contributed by atoms with Gasteiger partial charge in [-0.2, -0.15) is 0 Å². The summed E-state index contributed by atoms with van der Waals surface area (Å²) in [4.78, 5) is 2.00. The van der Waals surface area contributed by atoms with Crippen LogP contribution in [0.3, 0.4) is 0 Å². The van der Waals surface area contributed by atoms with Crippen LogP contribution in [0.5, 0.6) is 5.75 Å². The Morgan fingerprint density at radius 1 is 1.19 bits per heavy atom. The van der Waals surface area contributed by atoms with Crippen LogP contribution in [0, 0.1) is 12.7 Å². The molecule has 0 spiro atoms. The van der Waals surface area contributed by atoms with Crippen LogP contribution < -0.4 is 15.4 Å². The number of nitrogens with zero attached hydrogens (tertiary/aromatic N) is 1. The average Bonchev–Trinajstić information content (AvgIpc) is 2.48. The van der Waals surface area contributed by atoms with E-state index in [0.717, 1.165) is 22.7 Å². The van der Waals surface area contributed by atoms with Gasteiger partial charge in [0.1, 0.15) is 11.6 Å². The molecule has 2 N–H and O–H groups in total. The minimum Gasteiger partial charge on any atom is -0.497 e. The van der Waals surface area contributed by atoms with Crippen molar-refractivity contribution in [1.29, 1.82) is 0 Å². The smallest absolute Gasteiger partial charge is 0.126 e. The highest BCUT2D eigenvalue weighted by molar-refractivity contribution is 5.67. The molecule has 1 atom stereocenters. The molecular weight excluding hydrogens is 267 g/mol. The fourth-order valence-electron chi connectivity index (χ4n) is 2.28. The highest BCUT2D eigenvalue weighted by Crippen LogP contribution is 2.32. The fraction of sp³-hybridized carbons (Fsp3) is 0.294. The van der Waals surface area contributed by atoms with Crippen molar-refractivity contribution in [3.8, 4) is 5.75 Å². The number of hydrogen-bond acceptors (Lipinski definition) is 3. The molecule has 112 valence electrons. The number of methoxy groups -OCH3 is 1. The number of nitrogens with two attached hydrogens (primary N) is 1. The summed E-state index contributed by atoms with van der Waals surface area (Å²) in [6.07, 6.45) is 0. The lowest BCUT2D eigenvalue weighted by atomic mass is 10.0. The molecule has 0 saturated heterocycles. The standard InChI is InChI=1S/C17H21FN2O/c1-11-9-17(15(12(2)19)10-16(11)18)20(3)13-5-7-14(21-4)8-6-13/h5-10,12H,19H2,1-4H3/t12-/m1/s1. The van der Waals surface area contributed by atoms with Crippen molar-refractivity contribution in [3.05, 3.63) is 53.3 Å². The van der Waals surface area contributed by atoms with Crippen LogP contribution >= 0.6 is 0 Å². The van der Waals surface area contributed by atoms with Gasteiger partial charge in [0.2, 0.25) is 0 Å². The molecule has 0 heterocycles. The monoisotopic (exact) mass is 288 g/mol. The predicted octanol–water partition coefficient (Wildman–Crippen LogP) is 3.93. The summed E-state index contributed by atoms with van der Waals surface area (Å²) in [6, 6.07) is 10.8. The summed E-state index contributed by atoms with van der Waals surface area (Å²) in [5.41, 5.74) is 9.28. The van der Waals surface area contributed by atoms with Gasteiger partial charge in [-0.3, -0.25) is 0 Å². The minimum atomic E-state index is -0.240. The van der Waals surface area contributed by atoms with Crippen LogP contribution in [-0.2, 0) is 0 Å². The Bertz CT molecular complexity index is 623. The maximum absolute atomic E-state index is 13.8. The maximum atomic E-state index is 13.8. The zero-order valence-electron chi connectivity index (χ0n) is 12.9. The molecule has 0 aliphatic heterocycles. The Hall–Kier alpha value is -2.07. The van der Waals surface area contributed by atoms with E-state index in [1.54, 1.807) is 14.0 Å². The molecule has 0 unspecified atom stereocenters. The highest BCUT2D eigenvalue weighted by Gasteiger charge is 2.15. The number of ether oxygens (including phenoxy) is 1. The van der Waals surface area contributed by atoms with Crippen molar-refractivity contribution < 1.29 is 9.13 Å². The highest BCUT2D eigenvalue weighted by atomic mass is 19.1. The Balaban J connectivity index is 2.45. The van der Waals surface area contributed by atoms with Gasteiger partial charge in [0.15, 0.2) is 0 Å². The van der Waals surface area contributed by atoms with Crippen LogP contribution in [0.2, 0.25) is 0 Å². The molecule has 0 aromatic heterocycles. The number of hydrogen-bond donors (Lipinski definition) is 1. The third kappa shape index (κ3) is 3.16. The minimum absolute atomic E-state index is 0.228. The fourth-order valence-corrected chi connectivity index (χ4v) is 2.28. The second-order valence-electron chi connectivity index (χ2n) is 5.21. The molecule has 3 nitrogen and oxygen atoms in total. The summed E-state index contributed by atoms with van der Waals surface area (Å²) in [5, 5.41) is 0. The summed E-state index contributed by atoms with van der Waals surface area (Å²) in [7, 11) is 3.58. The molecule has 0 radical (unpaired) electrons. The van der Waals surface area contributed by atoms with Crippen molar-refractivity contribution in [3.63, 3.8) is 0 Å². The molecule has 0 aliphatic carbocycles. The summed E-state index contributed by atoms with van der Waals surface area (Å²) < 4.78 is 19.0. The topological polar surface area (TPSA) is 38.5 Å². The lowest BCUT2D eigenvalue weighted by Gasteiger charge is -2.25. The molecule has 0 bridgehead atoms. The molecule has 0 saturated carbocycles. The van der Waals surface area contributed by atoms with Gasteiger partial charge in [-0.1, -0.05) is 0 Å². The normalized spacial score (nSPS) is 12.1. The van der Waals surface area contributed by atoms with Gasteiger partial charge in [-0.05, 0) is 61.4 Å². The van der Waals surface area contributed by atoms with Gasteiger partial charge in [-0.25, -0.2) is 4.39 Å². The van der Waals surface area contributed by atoms with E-state index in [9.17, 15) is 4.39 Å². The van der Waals surface area contributed by atoms with E-state index in [1.807, 2.05) is 49.2 Å². The largest absolute Gasteiger partial charge is 0.497 e.